The fourth-order valence-electron chi connectivity index (χ4n) is 4.37. The molecule has 4 rings (SSSR count). The molecule has 33 heavy (non-hydrogen) atoms. The van der Waals surface area contributed by atoms with Crippen LogP contribution in [-0.4, -0.2) is 42.8 Å². The number of phenols is 1. The van der Waals surface area contributed by atoms with Crippen molar-refractivity contribution in [3.63, 3.8) is 0 Å². The molecule has 0 radical (unpaired) electrons. The summed E-state index contributed by atoms with van der Waals surface area (Å²) in [6.45, 7) is 6.71. The topological polar surface area (TPSA) is 35.9 Å². The quantitative estimate of drug-likeness (QED) is 0.487. The third kappa shape index (κ3) is 5.66. The smallest absolute Gasteiger partial charge is 0.123 e. The van der Waals surface area contributed by atoms with Gasteiger partial charge in [0.2, 0.25) is 0 Å². The second-order valence-corrected chi connectivity index (χ2v) is 9.09. The average molecular weight is 449 g/mol. The molecule has 1 N–H and O–H groups in total. The van der Waals surface area contributed by atoms with Gasteiger partial charge in [-0.25, -0.2) is 4.39 Å². The van der Waals surface area contributed by atoms with E-state index in [2.05, 4.69) is 42.8 Å². The number of phenolic OH excluding ortho intramolecular Hbond substituents is 1. The first kappa shape index (κ1) is 23.1. The van der Waals surface area contributed by atoms with Crippen LogP contribution in [-0.2, 0) is 12.8 Å². The lowest BCUT2D eigenvalue weighted by atomic mass is 9.88. The number of hydrogen-bond acceptors (Lipinski definition) is 4. The molecule has 0 fully saturated rings. The molecular weight excluding hydrogens is 415 g/mol. The molecule has 1 aliphatic rings. The van der Waals surface area contributed by atoms with Crippen LogP contribution in [0.5, 0.6) is 11.5 Å². The maximum Gasteiger partial charge on any atom is 0.123 e. The van der Waals surface area contributed by atoms with Crippen molar-refractivity contribution in [3.05, 3.63) is 89.2 Å². The summed E-state index contributed by atoms with van der Waals surface area (Å²) in [7, 11) is 2.10. The third-order valence-corrected chi connectivity index (χ3v) is 6.59. The minimum atomic E-state index is -0.229. The van der Waals surface area contributed by atoms with Gasteiger partial charge in [0.25, 0.3) is 0 Å². The first-order valence-electron chi connectivity index (χ1n) is 11.7. The Balaban J connectivity index is 1.51. The van der Waals surface area contributed by atoms with Gasteiger partial charge in [0.05, 0.1) is 6.04 Å². The van der Waals surface area contributed by atoms with Crippen LogP contribution >= 0.6 is 0 Å². The van der Waals surface area contributed by atoms with E-state index in [9.17, 15) is 9.50 Å². The molecule has 1 aliphatic heterocycles. The highest BCUT2D eigenvalue weighted by Crippen LogP contribution is 2.37. The van der Waals surface area contributed by atoms with E-state index in [1.807, 2.05) is 36.4 Å². The zero-order chi connectivity index (χ0) is 23.4. The first-order valence-corrected chi connectivity index (χ1v) is 11.7. The van der Waals surface area contributed by atoms with Gasteiger partial charge in [0.1, 0.15) is 23.9 Å². The van der Waals surface area contributed by atoms with Crippen molar-refractivity contribution in [3.8, 4) is 11.5 Å². The van der Waals surface area contributed by atoms with Gasteiger partial charge < -0.3 is 19.6 Å². The number of fused-ring (bicyclic) bond motifs is 1. The maximum atomic E-state index is 13.5. The predicted octanol–water partition coefficient (Wildman–Crippen LogP) is 5.60. The summed E-state index contributed by atoms with van der Waals surface area (Å²) in [6.07, 6.45) is 1.65. The van der Waals surface area contributed by atoms with Gasteiger partial charge in [-0.15, -0.1) is 0 Å². The van der Waals surface area contributed by atoms with Crippen LogP contribution in [0.2, 0.25) is 0 Å². The summed E-state index contributed by atoms with van der Waals surface area (Å²) >= 11 is 0. The van der Waals surface area contributed by atoms with Crippen molar-refractivity contribution in [2.24, 2.45) is 0 Å². The van der Waals surface area contributed by atoms with E-state index < -0.39 is 0 Å². The van der Waals surface area contributed by atoms with E-state index in [-0.39, 0.29) is 11.9 Å². The summed E-state index contributed by atoms with van der Waals surface area (Å²) in [6, 6.07) is 21.3. The van der Waals surface area contributed by atoms with Gasteiger partial charge in [-0.1, -0.05) is 18.2 Å². The maximum absolute atomic E-state index is 13.5. The van der Waals surface area contributed by atoms with E-state index in [1.165, 1.54) is 28.8 Å². The standard InChI is InChI=1S/C28H33FN2O2/c1-20(2)30(3)16-17-33-26-11-4-21(5-12-26)18-28-27-13-10-25(32)19-22(27)14-15-31(28)24-8-6-23(29)7-9-24/h4-13,19-20,28,32H,14-18H2,1-3H3. The molecular formula is C28H33FN2O2. The van der Waals surface area contributed by atoms with E-state index in [0.29, 0.717) is 18.4 Å². The molecule has 0 aliphatic carbocycles. The molecule has 4 nitrogen and oxygen atoms in total. The number of hydrogen-bond donors (Lipinski definition) is 1. The van der Waals surface area contributed by atoms with Gasteiger partial charge in [-0.3, -0.25) is 0 Å². The van der Waals surface area contributed by atoms with Gasteiger partial charge in [-0.05, 0) is 99.0 Å². The zero-order valence-corrected chi connectivity index (χ0v) is 19.7. The Labute approximate surface area is 196 Å². The monoisotopic (exact) mass is 448 g/mol. The SMILES string of the molecule is CC(C)N(C)CCOc1ccc(CC2c3ccc(O)cc3CCN2c2ccc(F)cc2)cc1. The van der Waals surface area contributed by atoms with Crippen LogP contribution in [0.15, 0.2) is 66.7 Å². The number of benzene rings is 3. The lowest BCUT2D eigenvalue weighted by Gasteiger charge is -2.39. The Kier molecular flexibility index (Phi) is 7.19. The van der Waals surface area contributed by atoms with Crippen LogP contribution < -0.4 is 9.64 Å². The minimum Gasteiger partial charge on any atom is -0.508 e. The number of aromatic hydroxyl groups is 1. The number of anilines is 1. The molecule has 3 aromatic carbocycles. The van der Waals surface area contributed by atoms with Crippen LogP contribution in [0, 0.1) is 5.82 Å². The number of nitrogens with zero attached hydrogens (tertiary/aromatic N) is 2. The molecule has 1 heterocycles. The van der Waals surface area contributed by atoms with Crippen molar-refractivity contribution >= 4 is 5.69 Å². The van der Waals surface area contributed by atoms with Crippen molar-refractivity contribution in [2.75, 3.05) is 31.6 Å². The average Bonchev–Trinajstić information content (AvgIpc) is 2.80. The second-order valence-electron chi connectivity index (χ2n) is 9.09. The molecule has 0 aromatic heterocycles. The molecule has 1 atom stereocenters. The van der Waals surface area contributed by atoms with Gasteiger partial charge in [0, 0.05) is 24.8 Å². The fraction of sp³-hybridized carbons (Fsp3) is 0.357. The summed E-state index contributed by atoms with van der Waals surface area (Å²) in [5.74, 6) is 0.945. The van der Waals surface area contributed by atoms with Crippen molar-refractivity contribution in [1.82, 2.24) is 4.90 Å². The fourth-order valence-corrected chi connectivity index (χ4v) is 4.37. The minimum absolute atomic E-state index is 0.103. The Morgan fingerprint density at radius 3 is 2.48 bits per heavy atom. The number of likely N-dealkylation sites (N-methyl/N-ethyl adjacent to an activating group) is 1. The van der Waals surface area contributed by atoms with Crippen molar-refractivity contribution < 1.29 is 14.2 Å². The highest BCUT2D eigenvalue weighted by molar-refractivity contribution is 5.53. The summed E-state index contributed by atoms with van der Waals surface area (Å²) in [5, 5.41) is 9.97. The molecule has 0 spiro atoms. The number of ether oxygens (including phenoxy) is 1. The molecule has 174 valence electrons. The third-order valence-electron chi connectivity index (χ3n) is 6.59. The van der Waals surface area contributed by atoms with Crippen LogP contribution in [0.3, 0.4) is 0 Å². The Hall–Kier alpha value is -3.05. The molecule has 5 heteroatoms. The van der Waals surface area contributed by atoms with Gasteiger partial charge >= 0.3 is 0 Å². The van der Waals surface area contributed by atoms with Crippen molar-refractivity contribution in [1.29, 1.82) is 0 Å². The largest absolute Gasteiger partial charge is 0.508 e. The highest BCUT2D eigenvalue weighted by Gasteiger charge is 2.28. The number of rotatable bonds is 8. The lowest BCUT2D eigenvalue weighted by Crippen LogP contribution is -2.36. The highest BCUT2D eigenvalue weighted by atomic mass is 19.1. The first-order chi connectivity index (χ1) is 15.9. The summed E-state index contributed by atoms with van der Waals surface area (Å²) in [5.41, 5.74) is 4.60. The van der Waals surface area contributed by atoms with Gasteiger partial charge in [-0.2, -0.15) is 0 Å². The molecule has 0 amide bonds. The molecule has 0 bridgehead atoms. The predicted molar refractivity (Wildman–Crippen MR) is 132 cm³/mol. The normalized spacial score (nSPS) is 15.7. The Morgan fingerprint density at radius 1 is 1.06 bits per heavy atom. The zero-order valence-electron chi connectivity index (χ0n) is 19.7. The van der Waals surface area contributed by atoms with E-state index >= 15 is 0 Å². The van der Waals surface area contributed by atoms with E-state index in [4.69, 9.17) is 4.74 Å². The van der Waals surface area contributed by atoms with Crippen molar-refractivity contribution in [2.45, 2.75) is 38.8 Å². The van der Waals surface area contributed by atoms with Gasteiger partial charge in [0.15, 0.2) is 0 Å². The molecule has 3 aromatic rings. The second kappa shape index (κ2) is 10.3. The van der Waals surface area contributed by atoms with Crippen LogP contribution in [0.25, 0.3) is 0 Å². The molecule has 0 saturated heterocycles. The number of halogens is 1. The molecule has 1 unspecified atom stereocenters. The van der Waals surface area contributed by atoms with E-state index in [1.54, 1.807) is 6.07 Å². The summed E-state index contributed by atoms with van der Waals surface area (Å²) in [4.78, 5) is 4.60. The Morgan fingerprint density at radius 2 is 1.79 bits per heavy atom. The van der Waals surface area contributed by atoms with Crippen LogP contribution in [0.1, 0.15) is 36.6 Å². The summed E-state index contributed by atoms with van der Waals surface area (Å²) < 4.78 is 19.5. The molecule has 0 saturated carbocycles. The Bertz CT molecular complexity index is 1050. The van der Waals surface area contributed by atoms with E-state index in [0.717, 1.165) is 37.4 Å². The lowest BCUT2D eigenvalue weighted by molar-refractivity contribution is 0.208. The van der Waals surface area contributed by atoms with Crippen LogP contribution in [0.4, 0.5) is 10.1 Å².